The van der Waals surface area contributed by atoms with Gasteiger partial charge in [0.25, 0.3) is 5.91 Å². The maximum absolute atomic E-state index is 12.2. The van der Waals surface area contributed by atoms with Gasteiger partial charge >= 0.3 is 0 Å². The molecule has 0 saturated carbocycles. The van der Waals surface area contributed by atoms with E-state index in [0.717, 1.165) is 5.56 Å². The lowest BCUT2D eigenvalue weighted by Gasteiger charge is -2.12. The summed E-state index contributed by atoms with van der Waals surface area (Å²) < 4.78 is 27.0. The zero-order valence-electron chi connectivity index (χ0n) is 13.9. The second-order valence-electron chi connectivity index (χ2n) is 5.63. The Balaban J connectivity index is 2.12. The highest BCUT2D eigenvalue weighted by Crippen LogP contribution is 2.13. The molecule has 0 unspecified atom stereocenters. The van der Waals surface area contributed by atoms with Gasteiger partial charge in [-0.1, -0.05) is 6.92 Å². The molecule has 24 heavy (non-hydrogen) atoms. The number of nitrogens with one attached hydrogen (secondary N) is 2. The Bertz CT molecular complexity index is 817. The monoisotopic (exact) mass is 347 g/mol. The SMILES string of the molecule is CC[C@H](C)NS(=O)(=O)c1ccc(C(=O)Nc2cc(C)ccn2)cc1. The maximum atomic E-state index is 12.2. The van der Waals surface area contributed by atoms with Crippen LogP contribution in [0.4, 0.5) is 5.82 Å². The molecule has 0 aliphatic rings. The van der Waals surface area contributed by atoms with Gasteiger partial charge in [-0.25, -0.2) is 18.1 Å². The summed E-state index contributed by atoms with van der Waals surface area (Å²) >= 11 is 0. The number of hydrogen-bond acceptors (Lipinski definition) is 4. The summed E-state index contributed by atoms with van der Waals surface area (Å²) in [7, 11) is -3.57. The molecule has 6 nitrogen and oxygen atoms in total. The molecule has 0 aliphatic carbocycles. The topological polar surface area (TPSA) is 88.2 Å². The standard InChI is InChI=1S/C17H21N3O3S/c1-4-13(3)20-24(22,23)15-7-5-14(6-8-15)17(21)19-16-11-12(2)9-10-18-16/h5-11,13,20H,4H2,1-3H3,(H,18,19,21)/t13-/m0/s1. The molecule has 0 fully saturated rings. The molecule has 1 aromatic heterocycles. The second kappa shape index (κ2) is 7.55. The lowest BCUT2D eigenvalue weighted by Crippen LogP contribution is -2.32. The van der Waals surface area contributed by atoms with Crippen molar-refractivity contribution in [1.29, 1.82) is 0 Å². The number of aromatic nitrogens is 1. The third kappa shape index (κ3) is 4.62. The van der Waals surface area contributed by atoms with Crippen LogP contribution in [-0.2, 0) is 10.0 Å². The van der Waals surface area contributed by atoms with Crippen molar-refractivity contribution in [2.24, 2.45) is 0 Å². The van der Waals surface area contributed by atoms with E-state index < -0.39 is 10.0 Å². The molecule has 0 aliphatic heterocycles. The normalized spacial score (nSPS) is 12.6. The summed E-state index contributed by atoms with van der Waals surface area (Å²) in [6.07, 6.45) is 2.31. The predicted molar refractivity (Wildman–Crippen MR) is 93.4 cm³/mol. The van der Waals surface area contributed by atoms with Gasteiger partial charge in [-0.3, -0.25) is 4.79 Å². The Hall–Kier alpha value is -2.25. The first-order valence-corrected chi connectivity index (χ1v) is 9.16. The van der Waals surface area contributed by atoms with Gasteiger partial charge in [0.2, 0.25) is 10.0 Å². The summed E-state index contributed by atoms with van der Waals surface area (Å²) in [6, 6.07) is 9.25. The van der Waals surface area contributed by atoms with E-state index in [9.17, 15) is 13.2 Å². The fraction of sp³-hybridized carbons (Fsp3) is 0.294. The Kier molecular flexibility index (Phi) is 5.69. The van der Waals surface area contributed by atoms with Crippen molar-refractivity contribution in [1.82, 2.24) is 9.71 Å². The Morgan fingerprint density at radius 1 is 1.21 bits per heavy atom. The summed E-state index contributed by atoms with van der Waals surface area (Å²) in [4.78, 5) is 16.4. The van der Waals surface area contributed by atoms with Crippen molar-refractivity contribution in [3.05, 3.63) is 53.7 Å². The predicted octanol–water partition coefficient (Wildman–Crippen LogP) is 2.72. The fourth-order valence-corrected chi connectivity index (χ4v) is 3.32. The summed E-state index contributed by atoms with van der Waals surface area (Å²) in [5.41, 5.74) is 1.35. The Morgan fingerprint density at radius 2 is 1.88 bits per heavy atom. The van der Waals surface area contributed by atoms with Crippen molar-refractivity contribution < 1.29 is 13.2 Å². The molecule has 0 bridgehead atoms. The van der Waals surface area contributed by atoms with E-state index >= 15 is 0 Å². The maximum Gasteiger partial charge on any atom is 0.256 e. The van der Waals surface area contributed by atoms with Crippen LogP contribution in [0.25, 0.3) is 0 Å². The van der Waals surface area contributed by atoms with Crippen LogP contribution in [0, 0.1) is 6.92 Å². The molecule has 0 saturated heterocycles. The lowest BCUT2D eigenvalue weighted by atomic mass is 10.2. The third-order valence-corrected chi connectivity index (χ3v) is 5.16. The van der Waals surface area contributed by atoms with Gasteiger partial charge in [-0.2, -0.15) is 0 Å². The minimum Gasteiger partial charge on any atom is -0.307 e. The number of amides is 1. The van der Waals surface area contributed by atoms with Crippen molar-refractivity contribution in [3.63, 3.8) is 0 Å². The molecule has 2 aromatic rings. The second-order valence-corrected chi connectivity index (χ2v) is 7.34. The van der Waals surface area contributed by atoms with E-state index in [1.165, 1.54) is 24.3 Å². The molecule has 1 aromatic carbocycles. The summed E-state index contributed by atoms with van der Waals surface area (Å²) in [6.45, 7) is 5.61. The van der Waals surface area contributed by atoms with Crippen LogP contribution in [0.15, 0.2) is 47.5 Å². The number of sulfonamides is 1. The minimum atomic E-state index is -3.57. The Morgan fingerprint density at radius 3 is 2.46 bits per heavy atom. The molecule has 1 heterocycles. The van der Waals surface area contributed by atoms with E-state index in [-0.39, 0.29) is 16.8 Å². The number of anilines is 1. The van der Waals surface area contributed by atoms with Gasteiger partial charge in [0.1, 0.15) is 5.82 Å². The molecule has 7 heteroatoms. The average Bonchev–Trinajstić information content (AvgIpc) is 2.54. The molecule has 0 radical (unpaired) electrons. The van der Waals surface area contributed by atoms with Crippen LogP contribution >= 0.6 is 0 Å². The summed E-state index contributed by atoms with van der Waals surface area (Å²) in [5.74, 6) is 0.113. The van der Waals surface area contributed by atoms with Crippen molar-refractivity contribution in [2.75, 3.05) is 5.32 Å². The van der Waals surface area contributed by atoms with E-state index in [1.807, 2.05) is 19.9 Å². The van der Waals surface area contributed by atoms with Gasteiger partial charge in [0.15, 0.2) is 0 Å². The summed E-state index contributed by atoms with van der Waals surface area (Å²) in [5, 5.41) is 2.68. The first kappa shape index (κ1) is 18.1. The smallest absolute Gasteiger partial charge is 0.256 e. The highest BCUT2D eigenvalue weighted by molar-refractivity contribution is 7.89. The number of carbonyl (C=O) groups excluding carboxylic acids is 1. The molecular weight excluding hydrogens is 326 g/mol. The van der Waals surface area contributed by atoms with Crippen LogP contribution in [0.1, 0.15) is 36.2 Å². The van der Waals surface area contributed by atoms with E-state index in [0.29, 0.717) is 17.8 Å². The quantitative estimate of drug-likeness (QED) is 0.841. The molecular formula is C17H21N3O3S. The fourth-order valence-electron chi connectivity index (χ4n) is 1.99. The zero-order valence-corrected chi connectivity index (χ0v) is 14.7. The van der Waals surface area contributed by atoms with Crippen LogP contribution in [0.2, 0.25) is 0 Å². The largest absolute Gasteiger partial charge is 0.307 e. The minimum absolute atomic E-state index is 0.132. The Labute approximate surface area is 142 Å². The first-order chi connectivity index (χ1) is 11.3. The van der Waals surface area contributed by atoms with Gasteiger partial charge in [-0.15, -0.1) is 0 Å². The highest BCUT2D eigenvalue weighted by Gasteiger charge is 2.17. The van der Waals surface area contributed by atoms with Crippen molar-refractivity contribution in [2.45, 2.75) is 38.1 Å². The average molecular weight is 347 g/mol. The van der Waals surface area contributed by atoms with E-state index in [1.54, 1.807) is 19.2 Å². The van der Waals surface area contributed by atoms with Crippen molar-refractivity contribution in [3.8, 4) is 0 Å². The first-order valence-electron chi connectivity index (χ1n) is 7.68. The van der Waals surface area contributed by atoms with Gasteiger partial charge in [0, 0.05) is 17.8 Å². The number of aryl methyl sites for hydroxylation is 1. The number of rotatable bonds is 6. The molecule has 128 valence electrons. The van der Waals surface area contributed by atoms with Crippen LogP contribution < -0.4 is 10.0 Å². The van der Waals surface area contributed by atoms with Gasteiger partial charge < -0.3 is 5.32 Å². The molecule has 1 amide bonds. The number of hydrogen-bond donors (Lipinski definition) is 2. The van der Waals surface area contributed by atoms with Gasteiger partial charge in [-0.05, 0) is 62.2 Å². The van der Waals surface area contributed by atoms with E-state index in [2.05, 4.69) is 15.0 Å². The van der Waals surface area contributed by atoms with Gasteiger partial charge in [0.05, 0.1) is 4.90 Å². The zero-order chi connectivity index (χ0) is 17.7. The van der Waals surface area contributed by atoms with Crippen LogP contribution in [0.5, 0.6) is 0 Å². The third-order valence-electron chi connectivity index (χ3n) is 3.55. The number of pyridine rings is 1. The number of carbonyl (C=O) groups is 1. The number of benzene rings is 1. The lowest BCUT2D eigenvalue weighted by molar-refractivity contribution is 0.102. The molecule has 1 atom stereocenters. The molecule has 2 rings (SSSR count). The van der Waals surface area contributed by atoms with Crippen molar-refractivity contribution >= 4 is 21.7 Å². The highest BCUT2D eigenvalue weighted by atomic mass is 32.2. The molecule has 0 spiro atoms. The van der Waals surface area contributed by atoms with Crippen LogP contribution in [0.3, 0.4) is 0 Å². The molecule has 2 N–H and O–H groups in total. The van der Waals surface area contributed by atoms with Crippen LogP contribution in [-0.4, -0.2) is 25.4 Å². The van der Waals surface area contributed by atoms with E-state index in [4.69, 9.17) is 0 Å². The number of nitrogens with zero attached hydrogens (tertiary/aromatic N) is 1.